The van der Waals surface area contributed by atoms with Crippen LogP contribution in [-0.4, -0.2) is 90.2 Å². The maximum Gasteiger partial charge on any atom is 0.318 e. The summed E-state index contributed by atoms with van der Waals surface area (Å²) < 4.78 is 6.58. The molecule has 0 bridgehead atoms. The molecule has 3 heterocycles. The Morgan fingerprint density at radius 3 is 2.65 bits per heavy atom. The molecule has 252 valence electrons. The van der Waals surface area contributed by atoms with Crippen molar-refractivity contribution in [1.29, 1.82) is 0 Å². The molecule has 4 atom stereocenters. The summed E-state index contributed by atoms with van der Waals surface area (Å²) in [5, 5.41) is 2.53. The number of likely N-dealkylation sites (N-methyl/N-ethyl adjacent to an activating group) is 1. The first-order valence-corrected chi connectivity index (χ1v) is 17.8. The molecule has 9 heteroatoms. The third-order valence-electron chi connectivity index (χ3n) is 11.4. The minimum atomic E-state index is -0.228. The van der Waals surface area contributed by atoms with Gasteiger partial charge in [0.15, 0.2) is 0 Å². The van der Waals surface area contributed by atoms with Gasteiger partial charge in [0, 0.05) is 55.4 Å². The summed E-state index contributed by atoms with van der Waals surface area (Å²) in [7, 11) is 2.25. The molecule has 1 aromatic heterocycles. The second kappa shape index (κ2) is 13.8. The van der Waals surface area contributed by atoms with E-state index in [-0.39, 0.29) is 24.6 Å². The Hall–Kier alpha value is -4.16. The number of carbonyl (C=O) groups is 1. The standard InChI is InChI=1S/C39H49N7O2/c1-6-36(47)46-19-18-45(24-32(46)22-40-4)38-33-16-17-44(35-15-9-12-28-11-7-10-26(2)37(28)35)25-34(33)41-39(42-38)48-27(3)23-43(5)31-20-29-13-8-14-30(29)21-31/h6-7,9-12,15,27,29-32H,1,8,13-14,16-25H2,2-3,5H3/t27-,29?,30?,31?,32-/m0/s1. The van der Waals surface area contributed by atoms with Crippen molar-refractivity contribution >= 4 is 28.2 Å². The molecule has 2 saturated carbocycles. The predicted octanol–water partition coefficient (Wildman–Crippen LogP) is 5.90. The number of benzene rings is 2. The highest BCUT2D eigenvalue weighted by Gasteiger charge is 2.39. The molecule has 2 unspecified atom stereocenters. The third-order valence-corrected chi connectivity index (χ3v) is 11.4. The Morgan fingerprint density at radius 2 is 1.90 bits per heavy atom. The number of aromatic nitrogens is 2. The number of amides is 1. The van der Waals surface area contributed by atoms with E-state index in [4.69, 9.17) is 21.3 Å². The van der Waals surface area contributed by atoms with E-state index in [1.807, 2.05) is 0 Å². The van der Waals surface area contributed by atoms with Crippen LogP contribution in [-0.2, 0) is 17.8 Å². The van der Waals surface area contributed by atoms with Crippen molar-refractivity contribution in [2.24, 2.45) is 11.8 Å². The van der Waals surface area contributed by atoms with E-state index < -0.39 is 0 Å². The summed E-state index contributed by atoms with van der Waals surface area (Å²) in [6, 6.07) is 13.8. The largest absolute Gasteiger partial charge is 0.459 e. The summed E-state index contributed by atoms with van der Waals surface area (Å²) in [4.78, 5) is 35.5. The molecular formula is C39H49N7O2. The first-order chi connectivity index (χ1) is 23.3. The van der Waals surface area contributed by atoms with Crippen LogP contribution < -0.4 is 14.5 Å². The van der Waals surface area contributed by atoms with Gasteiger partial charge in [-0.15, -0.1) is 0 Å². The van der Waals surface area contributed by atoms with E-state index in [1.165, 1.54) is 60.2 Å². The zero-order valence-electron chi connectivity index (χ0n) is 28.8. The van der Waals surface area contributed by atoms with E-state index in [0.29, 0.717) is 38.2 Å². The minimum absolute atomic E-state index is 0.0707. The van der Waals surface area contributed by atoms with Gasteiger partial charge in [0.2, 0.25) is 12.5 Å². The number of hydrogen-bond acceptors (Lipinski definition) is 7. The fourth-order valence-electron chi connectivity index (χ4n) is 9.06. The number of piperazine rings is 1. The average Bonchev–Trinajstić information content (AvgIpc) is 3.71. The van der Waals surface area contributed by atoms with Gasteiger partial charge in [0.1, 0.15) is 18.0 Å². The summed E-state index contributed by atoms with van der Waals surface area (Å²) in [5.41, 5.74) is 4.62. The van der Waals surface area contributed by atoms with Crippen molar-refractivity contribution in [1.82, 2.24) is 19.8 Å². The molecule has 1 amide bonds. The summed E-state index contributed by atoms with van der Waals surface area (Å²) in [5.74, 6) is 2.57. The van der Waals surface area contributed by atoms with Crippen molar-refractivity contribution in [2.75, 3.05) is 56.1 Å². The zero-order valence-corrected chi connectivity index (χ0v) is 28.8. The Kier molecular flexibility index (Phi) is 9.28. The van der Waals surface area contributed by atoms with Crippen molar-refractivity contribution < 1.29 is 9.53 Å². The van der Waals surface area contributed by atoms with Crippen molar-refractivity contribution in [3.8, 4) is 6.01 Å². The fraction of sp³-hybridized carbons (Fsp3) is 0.538. The molecular weight excluding hydrogens is 598 g/mol. The van der Waals surface area contributed by atoms with E-state index in [0.717, 1.165) is 48.4 Å². The number of rotatable bonds is 9. The minimum Gasteiger partial charge on any atom is -0.459 e. The first-order valence-electron chi connectivity index (χ1n) is 17.8. The maximum absolute atomic E-state index is 12.7. The van der Waals surface area contributed by atoms with Crippen LogP contribution in [0.25, 0.3) is 15.6 Å². The molecule has 0 spiro atoms. The normalized spacial score (nSPS) is 24.4. The van der Waals surface area contributed by atoms with Gasteiger partial charge in [-0.3, -0.25) is 9.69 Å². The summed E-state index contributed by atoms with van der Waals surface area (Å²) >= 11 is 0. The highest BCUT2D eigenvalue weighted by Crippen LogP contribution is 2.45. The lowest BCUT2D eigenvalue weighted by Gasteiger charge is -2.41. The van der Waals surface area contributed by atoms with Crippen molar-refractivity contribution in [2.45, 2.75) is 77.1 Å². The molecule has 48 heavy (non-hydrogen) atoms. The number of fused-ring (bicyclic) bond motifs is 3. The Bertz CT molecular complexity index is 1700. The Morgan fingerprint density at radius 1 is 1.12 bits per heavy atom. The number of aryl methyl sites for hydroxylation is 1. The quantitative estimate of drug-likeness (QED) is 0.212. The highest BCUT2D eigenvalue weighted by atomic mass is 16.5. The van der Waals surface area contributed by atoms with Crippen LogP contribution in [0.15, 0.2) is 49.1 Å². The SMILES string of the molecule is [C-]#[N+]C[C@H]1CN(c2nc(O[C@@H](C)CN(C)C3CC4CCCC4C3)nc3c2CCN(c2cccc4cccc(C)c24)C3)CCN1C(=O)C=C. The molecule has 9 nitrogen and oxygen atoms in total. The third kappa shape index (κ3) is 6.35. The van der Waals surface area contributed by atoms with E-state index >= 15 is 0 Å². The lowest BCUT2D eigenvalue weighted by Crippen LogP contribution is -2.56. The Labute approximate surface area is 285 Å². The van der Waals surface area contributed by atoms with E-state index in [9.17, 15) is 4.79 Å². The number of nitrogens with zero attached hydrogens (tertiary/aromatic N) is 7. The second-order valence-electron chi connectivity index (χ2n) is 14.5. The molecule has 2 aliphatic carbocycles. The van der Waals surface area contributed by atoms with Gasteiger partial charge >= 0.3 is 6.01 Å². The van der Waals surface area contributed by atoms with Crippen LogP contribution in [0.5, 0.6) is 6.01 Å². The number of ether oxygens (including phenoxy) is 1. The topological polar surface area (TPSA) is 69.4 Å². The predicted molar refractivity (Wildman–Crippen MR) is 191 cm³/mol. The van der Waals surface area contributed by atoms with Gasteiger partial charge in [-0.25, -0.2) is 6.57 Å². The van der Waals surface area contributed by atoms with Gasteiger partial charge in [0.25, 0.3) is 0 Å². The molecule has 4 aliphatic rings. The summed E-state index contributed by atoms with van der Waals surface area (Å²) in [6.07, 6.45) is 8.90. The number of hydrogen-bond donors (Lipinski definition) is 0. The maximum atomic E-state index is 12.7. The van der Waals surface area contributed by atoms with Gasteiger partial charge in [-0.05, 0) is 75.1 Å². The van der Waals surface area contributed by atoms with Gasteiger partial charge < -0.3 is 24.3 Å². The molecule has 3 aromatic rings. The average molecular weight is 648 g/mol. The molecule has 3 fully saturated rings. The van der Waals surface area contributed by atoms with Crippen LogP contribution in [0.1, 0.15) is 55.8 Å². The molecule has 0 N–H and O–H groups in total. The lowest BCUT2D eigenvalue weighted by atomic mass is 9.99. The zero-order chi connectivity index (χ0) is 33.4. The molecule has 2 aromatic carbocycles. The summed E-state index contributed by atoms with van der Waals surface area (Å²) in [6.45, 7) is 19.9. The van der Waals surface area contributed by atoms with Crippen molar-refractivity contribution in [3.63, 3.8) is 0 Å². The molecule has 2 aliphatic heterocycles. The smallest absolute Gasteiger partial charge is 0.318 e. The van der Waals surface area contributed by atoms with Crippen LogP contribution in [0, 0.1) is 25.3 Å². The van der Waals surface area contributed by atoms with Crippen molar-refractivity contribution in [3.05, 3.63) is 77.3 Å². The van der Waals surface area contributed by atoms with Crippen LogP contribution >= 0.6 is 0 Å². The molecule has 7 rings (SSSR count). The van der Waals surface area contributed by atoms with Crippen LogP contribution in [0.3, 0.4) is 0 Å². The first kappa shape index (κ1) is 32.4. The number of anilines is 2. The van der Waals surface area contributed by atoms with Crippen LogP contribution in [0.4, 0.5) is 11.5 Å². The van der Waals surface area contributed by atoms with E-state index in [1.54, 1.807) is 4.90 Å². The van der Waals surface area contributed by atoms with Gasteiger partial charge in [-0.1, -0.05) is 56.2 Å². The van der Waals surface area contributed by atoms with Crippen LogP contribution in [0.2, 0.25) is 0 Å². The monoisotopic (exact) mass is 647 g/mol. The highest BCUT2D eigenvalue weighted by molar-refractivity contribution is 5.97. The second-order valence-corrected chi connectivity index (χ2v) is 14.5. The Balaban J connectivity index is 1.17. The number of carbonyl (C=O) groups excluding carboxylic acids is 1. The van der Waals surface area contributed by atoms with E-state index in [2.05, 4.69) is 83.4 Å². The van der Waals surface area contributed by atoms with Gasteiger partial charge in [-0.2, -0.15) is 9.97 Å². The fourth-order valence-corrected chi connectivity index (χ4v) is 9.06. The lowest BCUT2D eigenvalue weighted by molar-refractivity contribution is -0.128. The molecule has 1 saturated heterocycles. The molecule has 0 radical (unpaired) electrons. The van der Waals surface area contributed by atoms with Gasteiger partial charge in [0.05, 0.1) is 12.2 Å².